The summed E-state index contributed by atoms with van der Waals surface area (Å²) in [7, 11) is 0. The summed E-state index contributed by atoms with van der Waals surface area (Å²) in [5.41, 5.74) is 3.46. The number of carbonyl (C=O) groups is 1. The van der Waals surface area contributed by atoms with Gasteiger partial charge in [-0.3, -0.25) is 4.79 Å². The third-order valence-electron chi connectivity index (χ3n) is 5.42. The van der Waals surface area contributed by atoms with Crippen molar-refractivity contribution in [2.75, 3.05) is 6.61 Å². The second-order valence-corrected chi connectivity index (χ2v) is 9.47. The van der Waals surface area contributed by atoms with Gasteiger partial charge in [-0.25, -0.2) is 0 Å². The highest BCUT2D eigenvalue weighted by atomic mass is 35.5. The van der Waals surface area contributed by atoms with Gasteiger partial charge in [-0.2, -0.15) is 0 Å². The molecule has 1 N–H and O–H groups in total. The van der Waals surface area contributed by atoms with Crippen LogP contribution in [0, 0.1) is 0 Å². The van der Waals surface area contributed by atoms with E-state index in [1.807, 2.05) is 68.4 Å². The van der Waals surface area contributed by atoms with Crippen LogP contribution >= 0.6 is 11.6 Å². The Hall–Kier alpha value is -2.98. The second kappa shape index (κ2) is 10.8. The van der Waals surface area contributed by atoms with Gasteiger partial charge in [0.1, 0.15) is 18.1 Å². The van der Waals surface area contributed by atoms with Crippen LogP contribution in [0.5, 0.6) is 11.5 Å². The summed E-state index contributed by atoms with van der Waals surface area (Å²) in [6.07, 6.45) is 0. The van der Waals surface area contributed by atoms with E-state index in [2.05, 4.69) is 32.2 Å². The summed E-state index contributed by atoms with van der Waals surface area (Å²) >= 11 is 5.97. The quantitative estimate of drug-likeness (QED) is 0.385. The highest BCUT2D eigenvalue weighted by Gasteiger charge is 2.19. The van der Waals surface area contributed by atoms with E-state index in [1.54, 1.807) is 6.07 Å². The van der Waals surface area contributed by atoms with Crippen LogP contribution in [0.1, 0.15) is 67.7 Å². The van der Waals surface area contributed by atoms with Crippen molar-refractivity contribution in [2.24, 2.45) is 0 Å². The fourth-order valence-corrected chi connectivity index (χ4v) is 3.74. The average Bonchev–Trinajstić information content (AvgIpc) is 2.78. The second-order valence-electron chi connectivity index (χ2n) is 9.04. The molecule has 0 spiro atoms. The Labute approximate surface area is 201 Å². The maximum Gasteiger partial charge on any atom is 0.251 e. The molecule has 0 heterocycles. The molecule has 3 aromatic rings. The van der Waals surface area contributed by atoms with E-state index >= 15 is 0 Å². The van der Waals surface area contributed by atoms with Crippen molar-refractivity contribution in [3.05, 3.63) is 94.0 Å². The smallest absolute Gasteiger partial charge is 0.251 e. The lowest BCUT2D eigenvalue weighted by atomic mass is 9.86. The van der Waals surface area contributed by atoms with Gasteiger partial charge in [0.2, 0.25) is 0 Å². The van der Waals surface area contributed by atoms with Crippen molar-refractivity contribution >= 4 is 17.5 Å². The van der Waals surface area contributed by atoms with E-state index in [0.29, 0.717) is 29.5 Å². The molecule has 1 unspecified atom stereocenters. The fraction of sp³-hybridized carbons (Fsp3) is 0.321. The molecule has 1 amide bonds. The van der Waals surface area contributed by atoms with Gasteiger partial charge in [0.15, 0.2) is 0 Å². The lowest BCUT2D eigenvalue weighted by Crippen LogP contribution is -2.26. The number of para-hydroxylation sites is 1. The number of halogens is 1. The van der Waals surface area contributed by atoms with Crippen LogP contribution in [0.2, 0.25) is 5.02 Å². The summed E-state index contributed by atoms with van der Waals surface area (Å²) in [5.74, 6) is 1.39. The Balaban J connectivity index is 1.79. The van der Waals surface area contributed by atoms with E-state index in [9.17, 15) is 4.79 Å². The predicted molar refractivity (Wildman–Crippen MR) is 134 cm³/mol. The summed E-state index contributed by atoms with van der Waals surface area (Å²) in [6, 6.07) is 20.8. The van der Waals surface area contributed by atoms with Crippen LogP contribution in [0.4, 0.5) is 0 Å². The van der Waals surface area contributed by atoms with Gasteiger partial charge in [-0.1, -0.05) is 62.7 Å². The number of nitrogens with one attached hydrogen (secondary N) is 1. The topological polar surface area (TPSA) is 47.6 Å². The molecule has 0 aromatic heterocycles. The lowest BCUT2D eigenvalue weighted by molar-refractivity contribution is 0.0939. The van der Waals surface area contributed by atoms with E-state index < -0.39 is 0 Å². The number of rotatable bonds is 8. The predicted octanol–water partition coefficient (Wildman–Crippen LogP) is 7.11. The average molecular weight is 466 g/mol. The maximum absolute atomic E-state index is 13.0. The molecule has 3 rings (SSSR count). The Kier molecular flexibility index (Phi) is 8.04. The van der Waals surface area contributed by atoms with E-state index in [1.165, 1.54) is 0 Å². The third kappa shape index (κ3) is 6.52. The first-order valence-corrected chi connectivity index (χ1v) is 11.6. The minimum Gasteiger partial charge on any atom is -0.493 e. The normalized spacial score (nSPS) is 12.2. The first kappa shape index (κ1) is 24.7. The third-order valence-corrected chi connectivity index (χ3v) is 5.67. The van der Waals surface area contributed by atoms with E-state index in [-0.39, 0.29) is 17.4 Å². The van der Waals surface area contributed by atoms with Gasteiger partial charge in [-0.05, 0) is 66.8 Å². The molecular formula is C28H32ClNO3. The number of benzene rings is 3. The van der Waals surface area contributed by atoms with Crippen molar-refractivity contribution < 1.29 is 14.3 Å². The number of hydrogen-bond acceptors (Lipinski definition) is 3. The first-order valence-electron chi connectivity index (χ1n) is 11.2. The maximum atomic E-state index is 13.0. The van der Waals surface area contributed by atoms with Gasteiger partial charge >= 0.3 is 0 Å². The summed E-state index contributed by atoms with van der Waals surface area (Å²) < 4.78 is 12.0. The van der Waals surface area contributed by atoms with Gasteiger partial charge in [0.05, 0.1) is 12.6 Å². The van der Waals surface area contributed by atoms with Gasteiger partial charge in [-0.15, -0.1) is 0 Å². The summed E-state index contributed by atoms with van der Waals surface area (Å²) in [5, 5.41) is 3.72. The highest BCUT2D eigenvalue weighted by Crippen LogP contribution is 2.32. The molecule has 33 heavy (non-hydrogen) atoms. The SMILES string of the molecule is CCOc1ccc(C(=O)NC(C)c2ccc(Cl)cc2)cc1COc1ccccc1C(C)(C)C. The Morgan fingerprint density at radius 2 is 1.67 bits per heavy atom. The molecule has 0 fully saturated rings. The lowest BCUT2D eigenvalue weighted by Gasteiger charge is -2.23. The van der Waals surface area contributed by atoms with Crippen molar-refractivity contribution in [1.29, 1.82) is 0 Å². The zero-order valence-electron chi connectivity index (χ0n) is 19.9. The highest BCUT2D eigenvalue weighted by molar-refractivity contribution is 6.30. The van der Waals surface area contributed by atoms with Crippen molar-refractivity contribution in [2.45, 2.75) is 52.7 Å². The fourth-order valence-electron chi connectivity index (χ4n) is 3.61. The van der Waals surface area contributed by atoms with Crippen LogP contribution in [0.25, 0.3) is 0 Å². The van der Waals surface area contributed by atoms with Crippen molar-refractivity contribution in [3.63, 3.8) is 0 Å². The molecule has 0 bridgehead atoms. The number of hydrogen-bond donors (Lipinski definition) is 1. The molecule has 0 aliphatic rings. The zero-order chi connectivity index (χ0) is 24.0. The summed E-state index contributed by atoms with van der Waals surface area (Å²) in [6.45, 7) is 11.2. The Morgan fingerprint density at radius 1 is 0.970 bits per heavy atom. The van der Waals surface area contributed by atoms with E-state index in [4.69, 9.17) is 21.1 Å². The molecule has 0 saturated carbocycles. The number of carbonyl (C=O) groups excluding carboxylic acids is 1. The van der Waals surface area contributed by atoms with Crippen LogP contribution in [0.3, 0.4) is 0 Å². The molecule has 0 aliphatic heterocycles. The molecule has 3 aromatic carbocycles. The molecule has 4 nitrogen and oxygen atoms in total. The minimum atomic E-state index is -0.156. The largest absolute Gasteiger partial charge is 0.493 e. The monoisotopic (exact) mass is 465 g/mol. The van der Waals surface area contributed by atoms with Crippen LogP contribution in [0.15, 0.2) is 66.7 Å². The summed E-state index contributed by atoms with van der Waals surface area (Å²) in [4.78, 5) is 13.0. The molecule has 0 aliphatic carbocycles. The first-order chi connectivity index (χ1) is 15.7. The number of ether oxygens (including phenoxy) is 2. The van der Waals surface area contributed by atoms with Gasteiger partial charge in [0, 0.05) is 16.1 Å². The van der Waals surface area contributed by atoms with Crippen LogP contribution < -0.4 is 14.8 Å². The zero-order valence-corrected chi connectivity index (χ0v) is 20.7. The van der Waals surface area contributed by atoms with Gasteiger partial charge < -0.3 is 14.8 Å². The van der Waals surface area contributed by atoms with Gasteiger partial charge in [0.25, 0.3) is 5.91 Å². The standard InChI is InChI=1S/C28H32ClNO3/c1-6-32-25-16-13-21(27(31)30-19(2)20-11-14-23(29)15-12-20)17-22(25)18-33-26-10-8-7-9-24(26)28(3,4)5/h7-17,19H,6,18H2,1-5H3,(H,30,31). The molecule has 1 atom stereocenters. The molecule has 174 valence electrons. The molecule has 0 saturated heterocycles. The minimum absolute atomic E-state index is 0.0428. The van der Waals surface area contributed by atoms with Crippen LogP contribution in [-0.4, -0.2) is 12.5 Å². The molecular weight excluding hydrogens is 434 g/mol. The van der Waals surface area contributed by atoms with Crippen molar-refractivity contribution in [3.8, 4) is 11.5 Å². The Bertz CT molecular complexity index is 1090. The Morgan fingerprint density at radius 3 is 2.33 bits per heavy atom. The molecule has 5 heteroatoms. The number of amides is 1. The van der Waals surface area contributed by atoms with Crippen LogP contribution in [-0.2, 0) is 12.0 Å². The van der Waals surface area contributed by atoms with Crippen molar-refractivity contribution in [1.82, 2.24) is 5.32 Å². The van der Waals surface area contributed by atoms with E-state index in [0.717, 1.165) is 22.4 Å². The molecule has 0 radical (unpaired) electrons.